The normalized spacial score (nSPS) is 23.7. The summed E-state index contributed by atoms with van der Waals surface area (Å²) in [6.45, 7) is 3.47. The van der Waals surface area contributed by atoms with Gasteiger partial charge in [0, 0.05) is 6.04 Å². The van der Waals surface area contributed by atoms with Crippen molar-refractivity contribution in [1.29, 1.82) is 0 Å². The van der Waals surface area contributed by atoms with Crippen molar-refractivity contribution in [2.45, 2.75) is 32.2 Å². The third kappa shape index (κ3) is 1.83. The predicted octanol–water partition coefficient (Wildman–Crippen LogP) is 3.15. The molecule has 0 spiro atoms. The van der Waals surface area contributed by atoms with Crippen molar-refractivity contribution in [3.63, 3.8) is 0 Å². The molecule has 0 amide bonds. The van der Waals surface area contributed by atoms with Crippen LogP contribution in [0.5, 0.6) is 0 Å². The third-order valence-corrected chi connectivity index (χ3v) is 3.32. The summed E-state index contributed by atoms with van der Waals surface area (Å²) in [6.07, 6.45) is 4.06. The van der Waals surface area contributed by atoms with Gasteiger partial charge in [-0.1, -0.05) is 30.7 Å². The van der Waals surface area contributed by atoms with Crippen LogP contribution in [0.4, 0.5) is 0 Å². The fourth-order valence-electron chi connectivity index (χ4n) is 2.43. The summed E-state index contributed by atoms with van der Waals surface area (Å²) in [6, 6.07) is 9.44. The fraction of sp³-hybridized carbons (Fsp3) is 0.538. The van der Waals surface area contributed by atoms with Crippen LogP contribution in [0, 0.1) is 6.92 Å². The molecule has 0 saturated carbocycles. The highest BCUT2D eigenvalue weighted by atomic mass is 15.1. The zero-order valence-corrected chi connectivity index (χ0v) is 9.16. The predicted molar refractivity (Wildman–Crippen MR) is 60.4 cm³/mol. The van der Waals surface area contributed by atoms with Crippen molar-refractivity contribution < 1.29 is 0 Å². The Morgan fingerprint density at radius 2 is 2.00 bits per heavy atom. The molecule has 0 aromatic heterocycles. The van der Waals surface area contributed by atoms with E-state index in [0.717, 1.165) is 0 Å². The molecule has 1 aromatic carbocycles. The number of rotatable bonds is 1. The van der Waals surface area contributed by atoms with Gasteiger partial charge in [0.2, 0.25) is 0 Å². The first kappa shape index (κ1) is 9.72. The molecule has 14 heavy (non-hydrogen) atoms. The second-order valence-corrected chi connectivity index (χ2v) is 4.35. The lowest BCUT2D eigenvalue weighted by Gasteiger charge is -2.33. The average molecular weight is 189 g/mol. The van der Waals surface area contributed by atoms with Gasteiger partial charge in [0.15, 0.2) is 0 Å². The van der Waals surface area contributed by atoms with Gasteiger partial charge in [0.25, 0.3) is 0 Å². The van der Waals surface area contributed by atoms with Gasteiger partial charge in [-0.15, -0.1) is 0 Å². The first-order chi connectivity index (χ1) is 6.79. The van der Waals surface area contributed by atoms with Crippen LogP contribution in [-0.4, -0.2) is 18.5 Å². The highest BCUT2D eigenvalue weighted by Crippen LogP contribution is 2.30. The number of nitrogens with zero attached hydrogens (tertiary/aromatic N) is 1. The molecule has 0 radical (unpaired) electrons. The van der Waals surface area contributed by atoms with E-state index in [-0.39, 0.29) is 0 Å². The lowest BCUT2D eigenvalue weighted by molar-refractivity contribution is 0.187. The SMILES string of the molecule is Cc1ccccc1[C@H]1CCCCN1C. The summed E-state index contributed by atoms with van der Waals surface area (Å²) < 4.78 is 0. The van der Waals surface area contributed by atoms with E-state index in [2.05, 4.69) is 43.1 Å². The van der Waals surface area contributed by atoms with Crippen molar-refractivity contribution in [3.05, 3.63) is 35.4 Å². The molecule has 1 saturated heterocycles. The van der Waals surface area contributed by atoms with Crippen LogP contribution in [0.2, 0.25) is 0 Å². The molecule has 1 heteroatoms. The molecule has 0 unspecified atom stereocenters. The van der Waals surface area contributed by atoms with Gasteiger partial charge in [-0.25, -0.2) is 0 Å². The smallest absolute Gasteiger partial charge is 0.0347 e. The highest BCUT2D eigenvalue weighted by Gasteiger charge is 2.21. The number of hydrogen-bond acceptors (Lipinski definition) is 1. The molecule has 1 nitrogen and oxygen atoms in total. The van der Waals surface area contributed by atoms with Crippen LogP contribution in [0.15, 0.2) is 24.3 Å². The molecule has 1 aliphatic heterocycles. The van der Waals surface area contributed by atoms with Gasteiger partial charge in [0.1, 0.15) is 0 Å². The maximum atomic E-state index is 2.49. The Balaban J connectivity index is 2.25. The molecule has 0 aliphatic carbocycles. The Kier molecular flexibility index (Phi) is 2.87. The first-order valence-corrected chi connectivity index (χ1v) is 5.55. The molecule has 2 rings (SSSR count). The van der Waals surface area contributed by atoms with Crippen LogP contribution in [-0.2, 0) is 0 Å². The van der Waals surface area contributed by atoms with Crippen molar-refractivity contribution in [3.8, 4) is 0 Å². The second-order valence-electron chi connectivity index (χ2n) is 4.35. The van der Waals surface area contributed by atoms with Crippen LogP contribution in [0.25, 0.3) is 0 Å². The van der Waals surface area contributed by atoms with Crippen molar-refractivity contribution in [2.75, 3.05) is 13.6 Å². The summed E-state index contributed by atoms with van der Waals surface area (Å²) in [5.41, 5.74) is 2.96. The molecule has 1 aliphatic rings. The Bertz CT molecular complexity index is 306. The Labute approximate surface area is 86.7 Å². The number of aryl methyl sites for hydroxylation is 1. The Hall–Kier alpha value is -0.820. The molecule has 0 bridgehead atoms. The van der Waals surface area contributed by atoms with Crippen molar-refractivity contribution in [2.24, 2.45) is 0 Å². The Morgan fingerprint density at radius 1 is 1.21 bits per heavy atom. The molecule has 1 atom stereocenters. The third-order valence-electron chi connectivity index (χ3n) is 3.32. The number of benzene rings is 1. The maximum Gasteiger partial charge on any atom is 0.0347 e. The van der Waals surface area contributed by atoms with Crippen LogP contribution >= 0.6 is 0 Å². The van der Waals surface area contributed by atoms with Crippen LogP contribution in [0.1, 0.15) is 36.4 Å². The molecular formula is C13H19N. The van der Waals surface area contributed by atoms with Crippen LogP contribution in [0.3, 0.4) is 0 Å². The minimum absolute atomic E-state index is 0.657. The highest BCUT2D eigenvalue weighted by molar-refractivity contribution is 5.28. The number of piperidine rings is 1. The standard InChI is InChI=1S/C13H19N/c1-11-7-3-4-8-12(11)13-9-5-6-10-14(13)2/h3-4,7-8,13H,5-6,9-10H2,1-2H3/t13-/m1/s1. The molecule has 1 fully saturated rings. The lowest BCUT2D eigenvalue weighted by Crippen LogP contribution is -2.29. The number of likely N-dealkylation sites (tertiary alicyclic amines) is 1. The van der Waals surface area contributed by atoms with Gasteiger partial charge in [0.05, 0.1) is 0 Å². The van der Waals surface area contributed by atoms with E-state index >= 15 is 0 Å². The van der Waals surface area contributed by atoms with E-state index in [1.807, 2.05) is 0 Å². The minimum Gasteiger partial charge on any atom is -0.299 e. The van der Waals surface area contributed by atoms with Gasteiger partial charge in [-0.2, -0.15) is 0 Å². The summed E-state index contributed by atoms with van der Waals surface area (Å²) in [7, 11) is 2.25. The van der Waals surface area contributed by atoms with Gasteiger partial charge >= 0.3 is 0 Å². The zero-order valence-electron chi connectivity index (χ0n) is 9.16. The van der Waals surface area contributed by atoms with E-state index in [4.69, 9.17) is 0 Å². The zero-order chi connectivity index (χ0) is 9.97. The fourth-order valence-corrected chi connectivity index (χ4v) is 2.43. The molecule has 76 valence electrons. The quantitative estimate of drug-likeness (QED) is 0.656. The van der Waals surface area contributed by atoms with E-state index in [0.29, 0.717) is 6.04 Å². The lowest BCUT2D eigenvalue weighted by atomic mass is 9.93. The Morgan fingerprint density at radius 3 is 2.71 bits per heavy atom. The topological polar surface area (TPSA) is 3.24 Å². The van der Waals surface area contributed by atoms with Crippen molar-refractivity contribution >= 4 is 0 Å². The van der Waals surface area contributed by atoms with E-state index in [9.17, 15) is 0 Å². The summed E-state index contributed by atoms with van der Waals surface area (Å²) in [5, 5.41) is 0. The second kappa shape index (κ2) is 4.14. The summed E-state index contributed by atoms with van der Waals surface area (Å²) >= 11 is 0. The molecule has 1 heterocycles. The molecular weight excluding hydrogens is 170 g/mol. The van der Waals surface area contributed by atoms with Crippen molar-refractivity contribution in [1.82, 2.24) is 4.90 Å². The summed E-state index contributed by atoms with van der Waals surface area (Å²) in [4.78, 5) is 2.49. The van der Waals surface area contributed by atoms with Gasteiger partial charge < -0.3 is 0 Å². The average Bonchev–Trinajstić information content (AvgIpc) is 2.20. The van der Waals surface area contributed by atoms with Crippen LogP contribution < -0.4 is 0 Å². The molecule has 1 aromatic rings. The van der Waals surface area contributed by atoms with E-state index < -0.39 is 0 Å². The van der Waals surface area contributed by atoms with E-state index in [1.165, 1.54) is 36.9 Å². The van der Waals surface area contributed by atoms with E-state index in [1.54, 1.807) is 0 Å². The largest absolute Gasteiger partial charge is 0.299 e. The monoisotopic (exact) mass is 189 g/mol. The first-order valence-electron chi connectivity index (χ1n) is 5.55. The number of hydrogen-bond donors (Lipinski definition) is 0. The van der Waals surface area contributed by atoms with Gasteiger partial charge in [-0.3, -0.25) is 4.90 Å². The molecule has 0 N–H and O–H groups in total. The summed E-state index contributed by atoms with van der Waals surface area (Å²) in [5.74, 6) is 0. The maximum absolute atomic E-state index is 2.49. The minimum atomic E-state index is 0.657. The van der Waals surface area contributed by atoms with Gasteiger partial charge in [-0.05, 0) is 44.5 Å².